The van der Waals surface area contributed by atoms with E-state index in [-0.39, 0.29) is 0 Å². The number of hydrogen-bond acceptors (Lipinski definition) is 1. The van der Waals surface area contributed by atoms with Crippen molar-refractivity contribution in [1.29, 1.82) is 0 Å². The summed E-state index contributed by atoms with van der Waals surface area (Å²) in [7, 11) is 0. The van der Waals surface area contributed by atoms with Gasteiger partial charge in [-0.05, 0) is 70.8 Å². The smallest absolute Gasteiger partial charge is 0.0620 e. The molecule has 0 radical (unpaired) electrons. The van der Waals surface area contributed by atoms with Crippen molar-refractivity contribution < 1.29 is 0 Å². The number of thiophene rings is 1. The Labute approximate surface area is 295 Å². The van der Waals surface area contributed by atoms with Crippen LogP contribution in [0.5, 0.6) is 0 Å². The molecule has 5 aromatic heterocycles. The van der Waals surface area contributed by atoms with Crippen molar-refractivity contribution in [2.24, 2.45) is 0 Å². The quantitative estimate of drug-likeness (QED) is 0.174. The summed E-state index contributed by atoms with van der Waals surface area (Å²) >= 11 is 1.94. The fourth-order valence-corrected chi connectivity index (χ4v) is 10.9. The van der Waals surface area contributed by atoms with Crippen molar-refractivity contribution in [3.63, 3.8) is 0 Å². The van der Waals surface area contributed by atoms with Crippen molar-refractivity contribution in [3.05, 3.63) is 158 Å². The molecule has 0 spiro atoms. The van der Waals surface area contributed by atoms with Gasteiger partial charge in [0.25, 0.3) is 0 Å². The van der Waals surface area contributed by atoms with Crippen molar-refractivity contribution >= 4 is 108 Å². The van der Waals surface area contributed by atoms with E-state index in [1.807, 2.05) is 11.3 Å². The van der Waals surface area contributed by atoms with E-state index in [1.165, 1.54) is 119 Å². The topological polar surface area (TPSA) is 8.82 Å². The Morgan fingerprint density at radius 1 is 0.294 bits per heavy atom. The second-order valence-corrected chi connectivity index (χ2v) is 15.1. The van der Waals surface area contributed by atoms with E-state index in [4.69, 9.17) is 0 Å². The molecule has 5 heterocycles. The van der Waals surface area contributed by atoms with Gasteiger partial charge in [0.2, 0.25) is 0 Å². The maximum absolute atomic E-state index is 2.46. The van der Waals surface area contributed by atoms with E-state index in [1.54, 1.807) is 0 Å². The molecule has 0 saturated heterocycles. The second kappa shape index (κ2) is 9.22. The first-order valence-electron chi connectivity index (χ1n) is 17.6. The highest BCUT2D eigenvalue weighted by Gasteiger charge is 2.22. The van der Waals surface area contributed by atoms with E-state index < -0.39 is 0 Å². The molecular formula is C48H26N2S. The SMILES string of the molecule is c1cc(-c2cc3c4ccccc4n4c5ccccc5c(c2)c34)c2sc3c(-c4cc5c6ccccc6n6c7ccccc7c(c4)c56)cccc3c2c1. The van der Waals surface area contributed by atoms with Crippen LogP contribution in [0.15, 0.2) is 158 Å². The molecule has 2 nitrogen and oxygen atoms in total. The van der Waals surface area contributed by atoms with Gasteiger partial charge in [-0.1, -0.05) is 109 Å². The number of rotatable bonds is 2. The maximum atomic E-state index is 2.46. The molecule has 13 rings (SSSR count). The Kier molecular flexibility index (Phi) is 4.78. The van der Waals surface area contributed by atoms with Crippen LogP contribution in [0.4, 0.5) is 0 Å². The minimum absolute atomic E-state index is 1.27. The van der Waals surface area contributed by atoms with Gasteiger partial charge in [0, 0.05) is 63.3 Å². The van der Waals surface area contributed by atoms with E-state index in [0.29, 0.717) is 0 Å². The van der Waals surface area contributed by atoms with Gasteiger partial charge in [-0.15, -0.1) is 11.3 Å². The monoisotopic (exact) mass is 662 g/mol. The minimum Gasteiger partial charge on any atom is -0.308 e. The molecule has 0 atom stereocenters. The molecule has 0 unspecified atom stereocenters. The van der Waals surface area contributed by atoms with Gasteiger partial charge in [0.1, 0.15) is 0 Å². The Bertz CT molecular complexity index is 3190. The number of hydrogen-bond donors (Lipinski definition) is 0. The summed E-state index contributed by atoms with van der Waals surface area (Å²) in [5, 5.41) is 13.1. The van der Waals surface area contributed by atoms with Crippen LogP contribution in [0, 0.1) is 0 Å². The Morgan fingerprint density at radius 2 is 0.608 bits per heavy atom. The Morgan fingerprint density at radius 3 is 0.961 bits per heavy atom. The van der Waals surface area contributed by atoms with Gasteiger partial charge in [-0.3, -0.25) is 0 Å². The molecule has 0 aliphatic carbocycles. The third kappa shape index (κ3) is 3.19. The van der Waals surface area contributed by atoms with Crippen molar-refractivity contribution in [3.8, 4) is 22.3 Å². The maximum Gasteiger partial charge on any atom is 0.0620 e. The number of nitrogens with zero attached hydrogens (tertiary/aromatic N) is 2. The first-order valence-corrected chi connectivity index (χ1v) is 18.4. The normalized spacial score (nSPS) is 12.7. The van der Waals surface area contributed by atoms with E-state index in [2.05, 4.69) is 167 Å². The fourth-order valence-electron chi connectivity index (χ4n) is 9.48. The highest BCUT2D eigenvalue weighted by Crippen LogP contribution is 2.48. The first-order chi connectivity index (χ1) is 25.3. The summed E-state index contributed by atoms with van der Waals surface area (Å²) in [6.07, 6.45) is 0. The molecule has 13 aromatic rings. The van der Waals surface area contributed by atoms with Crippen LogP contribution in [-0.4, -0.2) is 8.80 Å². The highest BCUT2D eigenvalue weighted by molar-refractivity contribution is 7.26. The second-order valence-electron chi connectivity index (χ2n) is 14.0. The zero-order chi connectivity index (χ0) is 32.9. The molecule has 0 aliphatic rings. The lowest BCUT2D eigenvalue weighted by molar-refractivity contribution is 1.37. The van der Waals surface area contributed by atoms with Gasteiger partial charge in [0.15, 0.2) is 0 Å². The summed E-state index contributed by atoms with van der Waals surface area (Å²) in [5.74, 6) is 0. The summed E-state index contributed by atoms with van der Waals surface area (Å²) in [4.78, 5) is 0. The van der Waals surface area contributed by atoms with Crippen LogP contribution >= 0.6 is 11.3 Å². The van der Waals surface area contributed by atoms with Crippen molar-refractivity contribution in [1.82, 2.24) is 8.80 Å². The molecule has 8 aromatic carbocycles. The number of para-hydroxylation sites is 4. The lowest BCUT2D eigenvalue weighted by atomic mass is 9.96. The average Bonchev–Trinajstić information content (AvgIpc) is 3.98. The highest BCUT2D eigenvalue weighted by atomic mass is 32.1. The predicted octanol–water partition coefficient (Wildman–Crippen LogP) is 13.7. The molecular weight excluding hydrogens is 637 g/mol. The van der Waals surface area contributed by atoms with Crippen LogP contribution in [0.1, 0.15) is 0 Å². The molecule has 0 bridgehead atoms. The van der Waals surface area contributed by atoms with E-state index in [9.17, 15) is 0 Å². The summed E-state index contributed by atoms with van der Waals surface area (Å²) in [5.41, 5.74) is 12.9. The van der Waals surface area contributed by atoms with Crippen LogP contribution in [0.2, 0.25) is 0 Å². The van der Waals surface area contributed by atoms with Crippen LogP contribution in [-0.2, 0) is 0 Å². The van der Waals surface area contributed by atoms with Crippen molar-refractivity contribution in [2.75, 3.05) is 0 Å². The molecule has 0 aliphatic heterocycles. The van der Waals surface area contributed by atoms with Crippen LogP contribution < -0.4 is 0 Å². The third-order valence-electron chi connectivity index (χ3n) is 11.6. The molecule has 0 saturated carbocycles. The molecule has 0 amide bonds. The Hall–Kier alpha value is -6.42. The number of benzene rings is 8. The summed E-state index contributed by atoms with van der Waals surface area (Å²) in [6, 6.07) is 59.0. The van der Waals surface area contributed by atoms with E-state index in [0.717, 1.165) is 0 Å². The number of fused-ring (bicyclic) bond motifs is 15. The molecule has 3 heteroatoms. The predicted molar refractivity (Wildman–Crippen MR) is 220 cm³/mol. The lowest BCUT2D eigenvalue weighted by Gasteiger charge is -2.06. The lowest BCUT2D eigenvalue weighted by Crippen LogP contribution is -1.80. The molecule has 51 heavy (non-hydrogen) atoms. The zero-order valence-electron chi connectivity index (χ0n) is 27.3. The zero-order valence-corrected chi connectivity index (χ0v) is 28.1. The van der Waals surface area contributed by atoms with Gasteiger partial charge in [-0.2, -0.15) is 0 Å². The fraction of sp³-hybridized carbons (Fsp3) is 0. The number of aromatic nitrogens is 2. The van der Waals surface area contributed by atoms with E-state index >= 15 is 0 Å². The average molecular weight is 663 g/mol. The van der Waals surface area contributed by atoms with Gasteiger partial charge in [-0.25, -0.2) is 0 Å². The first kappa shape index (κ1) is 26.4. The van der Waals surface area contributed by atoms with Crippen molar-refractivity contribution in [2.45, 2.75) is 0 Å². The third-order valence-corrected chi connectivity index (χ3v) is 12.8. The summed E-state index contributed by atoms with van der Waals surface area (Å²) < 4.78 is 7.61. The van der Waals surface area contributed by atoms with Gasteiger partial charge < -0.3 is 8.80 Å². The van der Waals surface area contributed by atoms with Crippen LogP contribution in [0.25, 0.3) is 119 Å². The van der Waals surface area contributed by atoms with Crippen LogP contribution in [0.3, 0.4) is 0 Å². The van der Waals surface area contributed by atoms with Gasteiger partial charge >= 0.3 is 0 Å². The molecule has 234 valence electrons. The molecule has 0 fully saturated rings. The van der Waals surface area contributed by atoms with Gasteiger partial charge in [0.05, 0.1) is 33.1 Å². The minimum atomic E-state index is 1.27. The standard InChI is InChI=1S/C48H26N2S/c1-5-19-41-31(11-1)37-23-27(24-38-32-12-2-6-20-42(32)49(41)45(37)38)29-15-9-17-35-36-18-10-16-30(48(36)51-47(29)35)28-25-39-33-13-3-7-21-43(33)50-44-22-8-4-14-34(44)40(26-28)46(39)50/h1-26H. The molecule has 0 N–H and O–H groups in total. The Balaban J connectivity index is 1.10. The summed E-state index contributed by atoms with van der Waals surface area (Å²) in [6.45, 7) is 0. The largest absolute Gasteiger partial charge is 0.308 e.